The minimum atomic E-state index is -1.01. The third-order valence-electron chi connectivity index (χ3n) is 2.48. The van der Waals surface area contributed by atoms with Gasteiger partial charge in [-0.05, 0) is 17.7 Å². The van der Waals surface area contributed by atoms with Gasteiger partial charge in [-0.25, -0.2) is 0 Å². The number of aromatic hydroxyl groups is 2. The Bertz CT molecular complexity index is 365. The topological polar surface area (TPSA) is 90.2 Å². The Morgan fingerprint density at radius 2 is 1.87 bits per heavy atom. The summed E-state index contributed by atoms with van der Waals surface area (Å²) in [5.41, 5.74) is 0.523. The van der Waals surface area contributed by atoms with E-state index in [0.717, 1.165) is 0 Å². The van der Waals surface area contributed by atoms with E-state index < -0.39 is 18.3 Å². The zero-order chi connectivity index (χ0) is 11.0. The largest absolute Gasteiger partial charge is 0.504 e. The van der Waals surface area contributed by atoms with E-state index in [4.69, 9.17) is 9.84 Å². The molecule has 15 heavy (non-hydrogen) atoms. The smallest absolute Gasteiger partial charge is 0.157 e. The molecule has 1 fully saturated rings. The van der Waals surface area contributed by atoms with E-state index in [9.17, 15) is 15.3 Å². The Morgan fingerprint density at radius 1 is 1.13 bits per heavy atom. The van der Waals surface area contributed by atoms with Crippen LogP contribution >= 0.6 is 0 Å². The van der Waals surface area contributed by atoms with Crippen molar-refractivity contribution in [2.45, 2.75) is 18.3 Å². The lowest BCUT2D eigenvalue weighted by atomic mass is 10.0. The molecule has 0 aromatic heterocycles. The maximum absolute atomic E-state index is 9.55. The minimum Gasteiger partial charge on any atom is -0.504 e. The molecule has 2 rings (SSSR count). The minimum absolute atomic E-state index is 0.0630. The van der Waals surface area contributed by atoms with Crippen molar-refractivity contribution in [3.8, 4) is 11.5 Å². The van der Waals surface area contributed by atoms with Gasteiger partial charge in [-0.2, -0.15) is 0 Å². The van der Waals surface area contributed by atoms with Crippen molar-refractivity contribution in [2.24, 2.45) is 0 Å². The van der Waals surface area contributed by atoms with Crippen LogP contribution in [0.5, 0.6) is 11.5 Å². The summed E-state index contributed by atoms with van der Waals surface area (Å²) in [7, 11) is 0. The van der Waals surface area contributed by atoms with Crippen LogP contribution in [0.3, 0.4) is 0 Å². The second-order valence-electron chi connectivity index (χ2n) is 3.56. The average molecular weight is 212 g/mol. The summed E-state index contributed by atoms with van der Waals surface area (Å²) in [6.45, 7) is 0.0630. The van der Waals surface area contributed by atoms with Gasteiger partial charge < -0.3 is 25.2 Å². The van der Waals surface area contributed by atoms with Crippen molar-refractivity contribution >= 4 is 0 Å². The number of aliphatic hydroxyl groups excluding tert-OH is 2. The number of aliphatic hydroxyl groups is 2. The van der Waals surface area contributed by atoms with Crippen molar-refractivity contribution in [2.75, 3.05) is 6.61 Å². The normalized spacial score (nSPS) is 30.7. The lowest BCUT2D eigenvalue weighted by molar-refractivity contribution is 0.0224. The van der Waals surface area contributed by atoms with Crippen LogP contribution in [0.15, 0.2) is 18.2 Å². The second kappa shape index (κ2) is 3.69. The first kappa shape index (κ1) is 10.2. The predicted molar refractivity (Wildman–Crippen MR) is 50.5 cm³/mol. The fraction of sp³-hybridized carbons (Fsp3) is 0.400. The van der Waals surface area contributed by atoms with Gasteiger partial charge in [0.2, 0.25) is 0 Å². The molecule has 0 radical (unpaired) electrons. The number of benzene rings is 1. The van der Waals surface area contributed by atoms with Gasteiger partial charge in [0.25, 0.3) is 0 Å². The zero-order valence-electron chi connectivity index (χ0n) is 7.87. The molecule has 0 unspecified atom stereocenters. The van der Waals surface area contributed by atoms with E-state index in [0.29, 0.717) is 5.56 Å². The van der Waals surface area contributed by atoms with Crippen LogP contribution in [0.4, 0.5) is 0 Å². The van der Waals surface area contributed by atoms with E-state index >= 15 is 0 Å². The SMILES string of the molecule is Oc1ccc([C@@H]2OC[C@@H](O)[C@H]2O)cc1O. The number of phenols is 2. The molecule has 3 atom stereocenters. The molecule has 0 aliphatic carbocycles. The highest BCUT2D eigenvalue weighted by Crippen LogP contribution is 2.34. The molecule has 1 aliphatic rings. The van der Waals surface area contributed by atoms with E-state index in [1.807, 2.05) is 0 Å². The van der Waals surface area contributed by atoms with Crippen LogP contribution < -0.4 is 0 Å². The third kappa shape index (κ3) is 1.77. The number of rotatable bonds is 1. The van der Waals surface area contributed by atoms with Crippen LogP contribution in [0.2, 0.25) is 0 Å². The Kier molecular flexibility index (Phi) is 2.52. The van der Waals surface area contributed by atoms with Gasteiger partial charge in [-0.15, -0.1) is 0 Å². The fourth-order valence-corrected chi connectivity index (χ4v) is 1.61. The first-order valence-corrected chi connectivity index (χ1v) is 4.59. The van der Waals surface area contributed by atoms with Gasteiger partial charge in [0, 0.05) is 0 Å². The molecule has 1 saturated heterocycles. The van der Waals surface area contributed by atoms with Gasteiger partial charge >= 0.3 is 0 Å². The highest BCUT2D eigenvalue weighted by molar-refractivity contribution is 5.41. The summed E-state index contributed by atoms with van der Waals surface area (Å²) < 4.78 is 5.17. The molecule has 1 aromatic carbocycles. The van der Waals surface area contributed by atoms with Crippen LogP contribution in [0, 0.1) is 0 Å². The van der Waals surface area contributed by atoms with Crippen molar-refractivity contribution in [1.29, 1.82) is 0 Å². The Morgan fingerprint density at radius 3 is 2.40 bits per heavy atom. The summed E-state index contributed by atoms with van der Waals surface area (Å²) in [6.07, 6.45) is -2.58. The van der Waals surface area contributed by atoms with Crippen molar-refractivity contribution in [3.05, 3.63) is 23.8 Å². The quantitative estimate of drug-likeness (QED) is 0.488. The maximum Gasteiger partial charge on any atom is 0.157 e. The average Bonchev–Trinajstić information content (AvgIpc) is 2.53. The highest BCUT2D eigenvalue weighted by atomic mass is 16.5. The molecule has 0 amide bonds. The second-order valence-corrected chi connectivity index (χ2v) is 3.56. The first-order valence-electron chi connectivity index (χ1n) is 4.59. The number of phenolic OH excluding ortho intramolecular Hbond substituents is 2. The monoisotopic (exact) mass is 212 g/mol. The van der Waals surface area contributed by atoms with E-state index in [2.05, 4.69) is 0 Å². The van der Waals surface area contributed by atoms with E-state index in [1.165, 1.54) is 18.2 Å². The zero-order valence-corrected chi connectivity index (χ0v) is 7.87. The molecule has 5 nitrogen and oxygen atoms in total. The van der Waals surface area contributed by atoms with Gasteiger partial charge in [0.05, 0.1) is 6.61 Å². The van der Waals surface area contributed by atoms with Crippen molar-refractivity contribution < 1.29 is 25.2 Å². The molecule has 0 bridgehead atoms. The van der Waals surface area contributed by atoms with E-state index in [1.54, 1.807) is 0 Å². The first-order chi connectivity index (χ1) is 7.09. The van der Waals surface area contributed by atoms with Crippen LogP contribution in [0.25, 0.3) is 0 Å². The Hall–Kier alpha value is -1.30. The summed E-state index contributed by atoms with van der Waals surface area (Å²) in [5.74, 6) is -0.503. The van der Waals surface area contributed by atoms with Gasteiger partial charge in [0.1, 0.15) is 18.3 Å². The number of ether oxygens (including phenoxy) is 1. The molecule has 1 aromatic rings. The Balaban J connectivity index is 2.26. The maximum atomic E-state index is 9.55. The fourth-order valence-electron chi connectivity index (χ4n) is 1.61. The van der Waals surface area contributed by atoms with Crippen LogP contribution in [-0.4, -0.2) is 39.2 Å². The summed E-state index contributed by atoms with van der Waals surface area (Å²) in [4.78, 5) is 0. The molecule has 0 saturated carbocycles. The Labute approximate surface area is 86.2 Å². The van der Waals surface area contributed by atoms with E-state index in [-0.39, 0.29) is 18.1 Å². The van der Waals surface area contributed by atoms with Crippen molar-refractivity contribution in [3.63, 3.8) is 0 Å². The lowest BCUT2D eigenvalue weighted by Gasteiger charge is -2.15. The molecule has 82 valence electrons. The summed E-state index contributed by atoms with van der Waals surface area (Å²) in [5, 5.41) is 37.2. The van der Waals surface area contributed by atoms with Crippen LogP contribution in [-0.2, 0) is 4.74 Å². The lowest BCUT2D eigenvalue weighted by Crippen LogP contribution is -2.25. The predicted octanol–water partition coefficient (Wildman–Crippen LogP) is -0.109. The third-order valence-corrected chi connectivity index (χ3v) is 2.48. The number of hydrogen-bond donors (Lipinski definition) is 4. The van der Waals surface area contributed by atoms with Crippen LogP contribution in [0.1, 0.15) is 11.7 Å². The van der Waals surface area contributed by atoms with Gasteiger partial charge in [-0.3, -0.25) is 0 Å². The number of hydrogen-bond acceptors (Lipinski definition) is 5. The molecular weight excluding hydrogens is 200 g/mol. The standard InChI is InChI=1S/C10H12O5/c11-6-2-1-5(3-7(6)12)10-9(14)8(13)4-15-10/h1-3,8-14H,4H2/t8-,9-,10+/m1/s1. The molecule has 4 N–H and O–H groups in total. The molecule has 0 spiro atoms. The highest BCUT2D eigenvalue weighted by Gasteiger charge is 2.35. The summed E-state index contributed by atoms with van der Waals surface area (Å²) >= 11 is 0. The molecule has 1 heterocycles. The van der Waals surface area contributed by atoms with Crippen molar-refractivity contribution in [1.82, 2.24) is 0 Å². The molecule has 1 aliphatic heterocycles. The summed E-state index contributed by atoms with van der Waals surface area (Å²) in [6, 6.07) is 4.15. The molecular formula is C10H12O5. The van der Waals surface area contributed by atoms with Gasteiger partial charge in [0.15, 0.2) is 11.5 Å². The molecule has 5 heteroatoms. The van der Waals surface area contributed by atoms with Gasteiger partial charge in [-0.1, -0.05) is 6.07 Å².